The first kappa shape index (κ1) is 16.1. The molecule has 24 heavy (non-hydrogen) atoms. The molecule has 122 valence electrons. The predicted molar refractivity (Wildman–Crippen MR) is 91.2 cm³/mol. The standard InChI is InChI=1S/C19H18N2O3/c20-16(18(23)24-11-14-6-2-1-3-7-14)10-19(13-22)12-21-17-9-5-4-8-15(17)19/h1-9,12-13,16H,10-11,20H2/t16-,19?/m0/s1. The largest absolute Gasteiger partial charge is 0.460 e. The number of hydrogen-bond donors (Lipinski definition) is 1. The summed E-state index contributed by atoms with van der Waals surface area (Å²) in [6, 6.07) is 15.8. The number of benzene rings is 2. The molecule has 0 bridgehead atoms. The van der Waals surface area contributed by atoms with E-state index in [0.717, 1.165) is 23.1 Å². The van der Waals surface area contributed by atoms with Crippen LogP contribution in [-0.4, -0.2) is 24.5 Å². The molecule has 2 atom stereocenters. The van der Waals surface area contributed by atoms with Crippen molar-refractivity contribution >= 4 is 24.2 Å². The van der Waals surface area contributed by atoms with Crippen LogP contribution in [0.1, 0.15) is 17.5 Å². The Kier molecular flexibility index (Phi) is 4.53. The van der Waals surface area contributed by atoms with Gasteiger partial charge in [0.2, 0.25) is 0 Å². The fraction of sp³-hybridized carbons (Fsp3) is 0.211. The maximum Gasteiger partial charge on any atom is 0.323 e. The molecule has 1 aliphatic heterocycles. The Hall–Kier alpha value is -2.79. The molecule has 0 aliphatic carbocycles. The summed E-state index contributed by atoms with van der Waals surface area (Å²) in [5.41, 5.74) is 7.40. The molecule has 2 N–H and O–H groups in total. The summed E-state index contributed by atoms with van der Waals surface area (Å²) in [5.74, 6) is -0.530. The van der Waals surface area contributed by atoms with Crippen LogP contribution >= 0.6 is 0 Å². The third-order valence-electron chi connectivity index (χ3n) is 4.13. The fourth-order valence-corrected chi connectivity index (χ4v) is 2.82. The number of carbonyl (C=O) groups is 2. The van der Waals surface area contributed by atoms with E-state index in [2.05, 4.69) is 4.99 Å². The molecule has 0 fully saturated rings. The van der Waals surface area contributed by atoms with Gasteiger partial charge >= 0.3 is 5.97 Å². The van der Waals surface area contributed by atoms with Gasteiger partial charge in [-0.25, -0.2) is 0 Å². The number of nitrogens with zero attached hydrogens (tertiary/aromatic N) is 1. The fourth-order valence-electron chi connectivity index (χ4n) is 2.82. The van der Waals surface area contributed by atoms with Crippen molar-refractivity contribution in [2.45, 2.75) is 24.5 Å². The lowest BCUT2D eigenvalue weighted by molar-refractivity contribution is -0.146. The van der Waals surface area contributed by atoms with Gasteiger partial charge < -0.3 is 15.3 Å². The van der Waals surface area contributed by atoms with E-state index in [4.69, 9.17) is 10.5 Å². The van der Waals surface area contributed by atoms with Gasteiger partial charge in [0.25, 0.3) is 0 Å². The lowest BCUT2D eigenvalue weighted by Crippen LogP contribution is -2.41. The zero-order chi connectivity index (χ0) is 17.0. The third kappa shape index (κ3) is 3.12. The molecule has 2 aromatic carbocycles. The quantitative estimate of drug-likeness (QED) is 0.653. The van der Waals surface area contributed by atoms with Crippen LogP contribution in [-0.2, 0) is 26.3 Å². The summed E-state index contributed by atoms with van der Waals surface area (Å²) in [5, 5.41) is 0. The highest BCUT2D eigenvalue weighted by molar-refractivity contribution is 6.01. The van der Waals surface area contributed by atoms with Gasteiger partial charge in [0, 0.05) is 6.21 Å². The van der Waals surface area contributed by atoms with Crippen LogP contribution in [0.2, 0.25) is 0 Å². The monoisotopic (exact) mass is 322 g/mol. The molecule has 0 saturated heterocycles. The first-order valence-electron chi connectivity index (χ1n) is 7.72. The van der Waals surface area contributed by atoms with E-state index in [9.17, 15) is 9.59 Å². The topological polar surface area (TPSA) is 81.8 Å². The number of nitrogens with two attached hydrogens (primary N) is 1. The Balaban J connectivity index is 1.67. The molecule has 1 heterocycles. The van der Waals surface area contributed by atoms with Crippen molar-refractivity contribution in [1.82, 2.24) is 0 Å². The van der Waals surface area contributed by atoms with Crippen LogP contribution in [0.5, 0.6) is 0 Å². The zero-order valence-electron chi connectivity index (χ0n) is 13.1. The first-order chi connectivity index (χ1) is 11.6. The summed E-state index contributed by atoms with van der Waals surface area (Å²) >= 11 is 0. The van der Waals surface area contributed by atoms with Crippen LogP contribution in [0.25, 0.3) is 0 Å². The average molecular weight is 322 g/mol. The second-order valence-corrected chi connectivity index (χ2v) is 5.84. The smallest absolute Gasteiger partial charge is 0.323 e. The van der Waals surface area contributed by atoms with Gasteiger partial charge in [0.05, 0.1) is 11.1 Å². The Morgan fingerprint density at radius 1 is 1.17 bits per heavy atom. The van der Waals surface area contributed by atoms with E-state index in [-0.39, 0.29) is 13.0 Å². The van der Waals surface area contributed by atoms with Gasteiger partial charge in [-0.3, -0.25) is 9.79 Å². The average Bonchev–Trinajstić information content (AvgIpc) is 3.00. The number of aliphatic imine (C=N–C) groups is 1. The highest BCUT2D eigenvalue weighted by Gasteiger charge is 2.39. The summed E-state index contributed by atoms with van der Waals surface area (Å²) in [6.45, 7) is 0.159. The summed E-state index contributed by atoms with van der Waals surface area (Å²) in [4.78, 5) is 28.2. The van der Waals surface area contributed by atoms with Gasteiger partial charge in [0.1, 0.15) is 18.9 Å². The van der Waals surface area contributed by atoms with Gasteiger partial charge in [-0.15, -0.1) is 0 Å². The molecule has 0 amide bonds. The van der Waals surface area contributed by atoms with E-state index in [0.29, 0.717) is 0 Å². The van der Waals surface area contributed by atoms with Gasteiger partial charge in [0.15, 0.2) is 0 Å². The number of esters is 1. The Morgan fingerprint density at radius 3 is 2.62 bits per heavy atom. The van der Waals surface area contributed by atoms with Crippen molar-refractivity contribution in [3.8, 4) is 0 Å². The highest BCUT2D eigenvalue weighted by atomic mass is 16.5. The first-order valence-corrected chi connectivity index (χ1v) is 7.72. The molecule has 1 aliphatic rings. The van der Waals surface area contributed by atoms with Crippen LogP contribution < -0.4 is 5.73 Å². The second kappa shape index (κ2) is 6.76. The number of para-hydroxylation sites is 1. The van der Waals surface area contributed by atoms with E-state index < -0.39 is 17.4 Å². The van der Waals surface area contributed by atoms with Crippen LogP contribution in [0, 0.1) is 0 Å². The molecule has 5 nitrogen and oxygen atoms in total. The number of carbonyl (C=O) groups excluding carboxylic acids is 2. The van der Waals surface area contributed by atoms with Crippen LogP contribution in [0.4, 0.5) is 5.69 Å². The van der Waals surface area contributed by atoms with Crippen molar-refractivity contribution in [1.29, 1.82) is 0 Å². The highest BCUT2D eigenvalue weighted by Crippen LogP contribution is 2.38. The number of aldehydes is 1. The normalized spacial score (nSPS) is 19.5. The van der Waals surface area contributed by atoms with E-state index in [1.54, 1.807) is 6.21 Å². The molecular formula is C19H18N2O3. The van der Waals surface area contributed by atoms with Crippen LogP contribution in [0.15, 0.2) is 59.6 Å². The molecule has 0 spiro atoms. The van der Waals surface area contributed by atoms with Crippen molar-refractivity contribution in [2.75, 3.05) is 0 Å². The summed E-state index contributed by atoms with van der Waals surface area (Å²) in [6.07, 6.45) is 2.49. The Bertz CT molecular complexity index is 773. The van der Waals surface area contributed by atoms with Gasteiger partial charge in [-0.1, -0.05) is 48.5 Å². The van der Waals surface area contributed by atoms with Crippen molar-refractivity contribution in [3.05, 3.63) is 65.7 Å². The number of ether oxygens (including phenoxy) is 1. The summed E-state index contributed by atoms with van der Waals surface area (Å²) in [7, 11) is 0. The maximum absolute atomic E-state index is 12.2. The molecule has 3 rings (SSSR count). The zero-order valence-corrected chi connectivity index (χ0v) is 13.1. The van der Waals surface area contributed by atoms with E-state index >= 15 is 0 Å². The number of hydrogen-bond acceptors (Lipinski definition) is 5. The van der Waals surface area contributed by atoms with Crippen molar-refractivity contribution < 1.29 is 14.3 Å². The minimum Gasteiger partial charge on any atom is -0.460 e. The number of rotatable bonds is 6. The summed E-state index contributed by atoms with van der Waals surface area (Å²) < 4.78 is 5.25. The van der Waals surface area contributed by atoms with E-state index in [1.807, 2.05) is 54.6 Å². The molecule has 2 aromatic rings. The van der Waals surface area contributed by atoms with E-state index in [1.165, 1.54) is 0 Å². The SMILES string of the molecule is N[C@@H](CC1(C=O)C=Nc2ccccc21)C(=O)OCc1ccccc1. The van der Waals surface area contributed by atoms with Gasteiger partial charge in [-0.05, 0) is 23.6 Å². The molecule has 1 unspecified atom stereocenters. The second-order valence-electron chi connectivity index (χ2n) is 5.84. The predicted octanol–water partition coefficient (Wildman–Crippen LogP) is 2.30. The van der Waals surface area contributed by atoms with Gasteiger partial charge in [-0.2, -0.15) is 0 Å². The molecular weight excluding hydrogens is 304 g/mol. The molecule has 0 radical (unpaired) electrons. The molecule has 0 aromatic heterocycles. The Morgan fingerprint density at radius 2 is 1.88 bits per heavy atom. The minimum absolute atomic E-state index is 0.130. The van der Waals surface area contributed by atoms with Crippen molar-refractivity contribution in [3.63, 3.8) is 0 Å². The maximum atomic E-state index is 12.2. The molecule has 0 saturated carbocycles. The lowest BCUT2D eigenvalue weighted by atomic mass is 9.78. The number of fused-ring (bicyclic) bond motifs is 1. The molecule has 5 heteroatoms. The van der Waals surface area contributed by atoms with Crippen molar-refractivity contribution in [2.24, 2.45) is 10.7 Å². The Labute approximate surface area is 140 Å². The lowest BCUT2D eigenvalue weighted by Gasteiger charge is -2.23. The third-order valence-corrected chi connectivity index (χ3v) is 4.13. The minimum atomic E-state index is -0.970. The van der Waals surface area contributed by atoms with Crippen LogP contribution in [0.3, 0.4) is 0 Å².